The zero-order valence-electron chi connectivity index (χ0n) is 18.9. The smallest absolute Gasteiger partial charge is 0.262 e. The predicted molar refractivity (Wildman–Crippen MR) is 127 cm³/mol. The second-order valence-electron chi connectivity index (χ2n) is 9.13. The number of benzene rings is 2. The molecule has 2 aliphatic heterocycles. The highest BCUT2D eigenvalue weighted by Gasteiger charge is 2.25. The van der Waals surface area contributed by atoms with E-state index in [1.54, 1.807) is 19.1 Å². The molecular formula is C25H34FN3O2S. The number of nitrogens with zero attached hydrogens (tertiary/aromatic N) is 2. The summed E-state index contributed by atoms with van der Waals surface area (Å²) in [5, 5.41) is 0. The number of anilines is 1. The van der Waals surface area contributed by atoms with Crippen LogP contribution in [0.3, 0.4) is 0 Å². The van der Waals surface area contributed by atoms with Crippen LogP contribution in [0.1, 0.15) is 43.2 Å². The molecule has 4 rings (SSSR count). The van der Waals surface area contributed by atoms with E-state index < -0.39 is 15.8 Å². The number of sulfonamides is 1. The third-order valence-corrected chi connectivity index (χ3v) is 8.35. The third kappa shape index (κ3) is 5.88. The van der Waals surface area contributed by atoms with Crippen molar-refractivity contribution in [2.75, 3.05) is 37.4 Å². The zero-order valence-corrected chi connectivity index (χ0v) is 19.7. The van der Waals surface area contributed by atoms with Crippen LogP contribution in [0.25, 0.3) is 0 Å². The maximum Gasteiger partial charge on any atom is 0.262 e. The van der Waals surface area contributed by atoms with Gasteiger partial charge < -0.3 is 9.80 Å². The van der Waals surface area contributed by atoms with Gasteiger partial charge in [0.2, 0.25) is 0 Å². The number of hydrogen-bond donors (Lipinski definition) is 1. The summed E-state index contributed by atoms with van der Waals surface area (Å²) >= 11 is 0. The molecule has 0 atom stereocenters. The molecule has 5 nitrogen and oxygen atoms in total. The number of likely N-dealkylation sites (tertiary alicyclic amines) is 2. The Morgan fingerprint density at radius 3 is 2.34 bits per heavy atom. The Labute approximate surface area is 191 Å². The van der Waals surface area contributed by atoms with Crippen molar-refractivity contribution in [3.8, 4) is 0 Å². The van der Waals surface area contributed by atoms with Crippen LogP contribution in [0.2, 0.25) is 0 Å². The van der Waals surface area contributed by atoms with Crippen LogP contribution < -0.4 is 4.72 Å². The molecule has 0 amide bonds. The number of piperidine rings is 2. The monoisotopic (exact) mass is 459 g/mol. The van der Waals surface area contributed by atoms with E-state index >= 15 is 0 Å². The molecule has 0 aliphatic carbocycles. The molecule has 0 saturated carbocycles. The van der Waals surface area contributed by atoms with E-state index in [9.17, 15) is 12.8 Å². The first-order chi connectivity index (χ1) is 15.4. The molecule has 2 aliphatic rings. The second kappa shape index (κ2) is 10.3. The SMILES string of the molecule is Cc1ccc(F)cc1S(=O)(=O)Nc1ccc(CCN2CCC(N3CCCCC3)CC2)cc1. The van der Waals surface area contributed by atoms with Gasteiger partial charge in [-0.2, -0.15) is 0 Å². The van der Waals surface area contributed by atoms with E-state index in [2.05, 4.69) is 14.5 Å². The van der Waals surface area contributed by atoms with Gasteiger partial charge in [0.1, 0.15) is 5.82 Å². The van der Waals surface area contributed by atoms with Crippen molar-refractivity contribution in [2.45, 2.75) is 56.4 Å². The van der Waals surface area contributed by atoms with Crippen LogP contribution in [0.4, 0.5) is 10.1 Å². The van der Waals surface area contributed by atoms with Crippen LogP contribution in [-0.2, 0) is 16.4 Å². The number of halogens is 1. The minimum absolute atomic E-state index is 0.0328. The van der Waals surface area contributed by atoms with Crippen LogP contribution in [0.15, 0.2) is 47.4 Å². The minimum atomic E-state index is -3.83. The van der Waals surface area contributed by atoms with Gasteiger partial charge in [0.05, 0.1) is 4.90 Å². The Bertz CT molecular complexity index is 996. The average Bonchev–Trinajstić information content (AvgIpc) is 2.81. The standard InChI is InChI=1S/C25H34FN3O2S/c1-20-5-8-22(26)19-25(20)32(30,31)27-23-9-6-21(7-10-23)11-16-28-17-12-24(13-18-28)29-14-3-2-4-15-29/h5-10,19,24,27H,2-4,11-18H2,1H3. The van der Waals surface area contributed by atoms with Crippen molar-refractivity contribution < 1.29 is 12.8 Å². The van der Waals surface area contributed by atoms with Crippen molar-refractivity contribution in [3.05, 3.63) is 59.4 Å². The van der Waals surface area contributed by atoms with Crippen molar-refractivity contribution in [2.24, 2.45) is 0 Å². The van der Waals surface area contributed by atoms with Gasteiger partial charge in [0.25, 0.3) is 10.0 Å². The maximum absolute atomic E-state index is 13.5. The molecule has 2 fully saturated rings. The van der Waals surface area contributed by atoms with Gasteiger partial charge in [-0.05, 0) is 101 Å². The highest BCUT2D eigenvalue weighted by molar-refractivity contribution is 7.92. The van der Waals surface area contributed by atoms with E-state index in [1.165, 1.54) is 62.9 Å². The average molecular weight is 460 g/mol. The Morgan fingerprint density at radius 1 is 0.969 bits per heavy atom. The predicted octanol–water partition coefficient (Wildman–Crippen LogP) is 4.43. The number of hydrogen-bond acceptors (Lipinski definition) is 4. The molecule has 0 spiro atoms. The van der Waals surface area contributed by atoms with Gasteiger partial charge >= 0.3 is 0 Å². The third-order valence-electron chi connectivity index (χ3n) is 6.83. The Balaban J connectivity index is 1.27. The Kier molecular flexibility index (Phi) is 7.48. The highest BCUT2D eigenvalue weighted by Crippen LogP contribution is 2.23. The fourth-order valence-electron chi connectivity index (χ4n) is 4.89. The summed E-state index contributed by atoms with van der Waals surface area (Å²) in [6.07, 6.45) is 7.58. The lowest BCUT2D eigenvalue weighted by Crippen LogP contribution is -2.47. The molecule has 0 unspecified atom stereocenters. The first kappa shape index (κ1) is 23.2. The van der Waals surface area contributed by atoms with Crippen LogP contribution in [0, 0.1) is 12.7 Å². The summed E-state index contributed by atoms with van der Waals surface area (Å²) in [6.45, 7) is 7.56. The summed E-state index contributed by atoms with van der Waals surface area (Å²) in [4.78, 5) is 5.21. The fraction of sp³-hybridized carbons (Fsp3) is 0.520. The molecule has 0 radical (unpaired) electrons. The molecule has 2 heterocycles. The molecule has 2 saturated heterocycles. The largest absolute Gasteiger partial charge is 0.303 e. The molecule has 0 bridgehead atoms. The Hall–Kier alpha value is -1.96. The highest BCUT2D eigenvalue weighted by atomic mass is 32.2. The van der Waals surface area contributed by atoms with Crippen LogP contribution in [0.5, 0.6) is 0 Å². The number of nitrogens with one attached hydrogen (secondary N) is 1. The topological polar surface area (TPSA) is 52.7 Å². The van der Waals surface area contributed by atoms with E-state index in [-0.39, 0.29) is 4.90 Å². The van der Waals surface area contributed by atoms with E-state index in [0.29, 0.717) is 11.3 Å². The molecule has 2 aromatic carbocycles. The van der Waals surface area contributed by atoms with E-state index in [4.69, 9.17) is 0 Å². The molecule has 174 valence electrons. The first-order valence-electron chi connectivity index (χ1n) is 11.7. The molecule has 2 aromatic rings. The van der Waals surface area contributed by atoms with Crippen molar-refractivity contribution in [3.63, 3.8) is 0 Å². The van der Waals surface area contributed by atoms with Crippen LogP contribution in [-0.4, -0.2) is 57.0 Å². The number of rotatable bonds is 7. The van der Waals surface area contributed by atoms with Crippen molar-refractivity contribution in [1.29, 1.82) is 0 Å². The summed E-state index contributed by atoms with van der Waals surface area (Å²) < 4.78 is 41.4. The maximum atomic E-state index is 13.5. The fourth-order valence-corrected chi connectivity index (χ4v) is 6.21. The van der Waals surface area contributed by atoms with Gasteiger partial charge in [-0.25, -0.2) is 12.8 Å². The molecule has 1 N–H and O–H groups in total. The van der Waals surface area contributed by atoms with E-state index in [0.717, 1.165) is 38.2 Å². The van der Waals surface area contributed by atoms with Crippen molar-refractivity contribution in [1.82, 2.24) is 9.80 Å². The summed E-state index contributed by atoms with van der Waals surface area (Å²) in [5.41, 5.74) is 2.19. The van der Waals surface area contributed by atoms with Gasteiger partial charge in [0, 0.05) is 18.3 Å². The first-order valence-corrected chi connectivity index (χ1v) is 13.2. The lowest BCUT2D eigenvalue weighted by atomic mass is 9.99. The molecule has 32 heavy (non-hydrogen) atoms. The summed E-state index contributed by atoms with van der Waals surface area (Å²) in [5.74, 6) is -0.564. The molecule has 0 aromatic heterocycles. The molecular weight excluding hydrogens is 425 g/mol. The molecule has 7 heteroatoms. The second-order valence-corrected chi connectivity index (χ2v) is 10.8. The van der Waals surface area contributed by atoms with Gasteiger partial charge in [-0.15, -0.1) is 0 Å². The lowest BCUT2D eigenvalue weighted by molar-refractivity contribution is 0.0931. The minimum Gasteiger partial charge on any atom is -0.303 e. The van der Waals surface area contributed by atoms with Gasteiger partial charge in [-0.1, -0.05) is 24.6 Å². The Morgan fingerprint density at radius 2 is 1.66 bits per heavy atom. The van der Waals surface area contributed by atoms with Crippen LogP contribution >= 0.6 is 0 Å². The normalized spacial score (nSPS) is 19.2. The quantitative estimate of drug-likeness (QED) is 0.666. The summed E-state index contributed by atoms with van der Waals surface area (Å²) in [6, 6.07) is 12.1. The lowest BCUT2D eigenvalue weighted by Gasteiger charge is -2.40. The zero-order chi connectivity index (χ0) is 22.6. The number of aryl methyl sites for hydroxylation is 1. The summed E-state index contributed by atoms with van der Waals surface area (Å²) in [7, 11) is -3.83. The van der Waals surface area contributed by atoms with E-state index in [1.807, 2.05) is 12.1 Å². The van der Waals surface area contributed by atoms with Gasteiger partial charge in [-0.3, -0.25) is 4.72 Å². The van der Waals surface area contributed by atoms with Crippen molar-refractivity contribution >= 4 is 15.7 Å². The van der Waals surface area contributed by atoms with Gasteiger partial charge in [0.15, 0.2) is 0 Å².